The van der Waals surface area contributed by atoms with Crippen molar-refractivity contribution in [2.75, 3.05) is 10.6 Å². The van der Waals surface area contributed by atoms with Gasteiger partial charge >= 0.3 is 0 Å². The van der Waals surface area contributed by atoms with E-state index in [2.05, 4.69) is 79.1 Å². The molecule has 0 bridgehead atoms. The molecule has 2 N–H and O–H groups in total. The van der Waals surface area contributed by atoms with Crippen LogP contribution in [0.25, 0.3) is 0 Å². The van der Waals surface area contributed by atoms with Crippen molar-refractivity contribution in [3.63, 3.8) is 0 Å². The molecule has 2 aromatic carbocycles. The Bertz CT molecular complexity index is 565. The fourth-order valence-electron chi connectivity index (χ4n) is 3.14. The van der Waals surface area contributed by atoms with Crippen LogP contribution in [0.1, 0.15) is 31.9 Å². The SMILES string of the molecule is CC[C@H]1Nc2ccccc2[C@H](Nc2ccccc2)[C@H]1C. The molecule has 0 fully saturated rings. The zero-order chi connectivity index (χ0) is 13.9. The third kappa shape index (κ3) is 2.38. The monoisotopic (exact) mass is 266 g/mol. The van der Waals surface area contributed by atoms with E-state index in [9.17, 15) is 0 Å². The molecule has 0 radical (unpaired) electrons. The zero-order valence-corrected chi connectivity index (χ0v) is 12.1. The van der Waals surface area contributed by atoms with Crippen LogP contribution < -0.4 is 10.6 Å². The van der Waals surface area contributed by atoms with Gasteiger partial charge in [0.25, 0.3) is 0 Å². The quantitative estimate of drug-likeness (QED) is 0.843. The van der Waals surface area contributed by atoms with Crippen LogP contribution in [0, 0.1) is 5.92 Å². The predicted molar refractivity (Wildman–Crippen MR) is 86.1 cm³/mol. The highest BCUT2D eigenvalue weighted by Gasteiger charge is 2.32. The molecule has 0 spiro atoms. The normalized spacial score (nSPS) is 24.6. The molecular weight excluding hydrogens is 244 g/mol. The molecule has 1 aliphatic heterocycles. The Hall–Kier alpha value is -1.96. The summed E-state index contributed by atoms with van der Waals surface area (Å²) in [4.78, 5) is 0. The lowest BCUT2D eigenvalue weighted by Crippen LogP contribution is -2.38. The summed E-state index contributed by atoms with van der Waals surface area (Å²) >= 11 is 0. The average molecular weight is 266 g/mol. The van der Waals surface area contributed by atoms with Crippen LogP contribution in [0.4, 0.5) is 11.4 Å². The van der Waals surface area contributed by atoms with Crippen molar-refractivity contribution in [2.24, 2.45) is 5.92 Å². The van der Waals surface area contributed by atoms with Gasteiger partial charge in [-0.1, -0.05) is 50.2 Å². The summed E-state index contributed by atoms with van der Waals surface area (Å²) in [6.45, 7) is 4.58. The second kappa shape index (κ2) is 5.58. The van der Waals surface area contributed by atoms with Gasteiger partial charge < -0.3 is 10.6 Å². The van der Waals surface area contributed by atoms with Crippen LogP contribution in [0.2, 0.25) is 0 Å². The molecule has 1 heterocycles. The maximum Gasteiger partial charge on any atom is 0.0579 e. The van der Waals surface area contributed by atoms with Gasteiger partial charge in [0.05, 0.1) is 6.04 Å². The lowest BCUT2D eigenvalue weighted by Gasteiger charge is -2.39. The van der Waals surface area contributed by atoms with E-state index in [1.165, 1.54) is 16.9 Å². The van der Waals surface area contributed by atoms with Gasteiger partial charge in [-0.05, 0) is 30.2 Å². The summed E-state index contributed by atoms with van der Waals surface area (Å²) in [7, 11) is 0. The molecular formula is C18H22N2. The number of fused-ring (bicyclic) bond motifs is 1. The molecule has 3 atom stereocenters. The Morgan fingerprint density at radius 2 is 1.70 bits per heavy atom. The summed E-state index contributed by atoms with van der Waals surface area (Å²) in [6.07, 6.45) is 1.14. The van der Waals surface area contributed by atoms with Crippen LogP contribution in [0.5, 0.6) is 0 Å². The number of hydrogen-bond acceptors (Lipinski definition) is 2. The number of hydrogen-bond donors (Lipinski definition) is 2. The molecule has 0 aromatic heterocycles. The van der Waals surface area contributed by atoms with Crippen molar-refractivity contribution in [2.45, 2.75) is 32.4 Å². The molecule has 1 aliphatic rings. The minimum Gasteiger partial charge on any atom is -0.382 e. The van der Waals surface area contributed by atoms with E-state index in [-0.39, 0.29) is 0 Å². The lowest BCUT2D eigenvalue weighted by molar-refractivity contribution is 0.400. The number of rotatable bonds is 3. The summed E-state index contributed by atoms with van der Waals surface area (Å²) < 4.78 is 0. The first kappa shape index (κ1) is 13.0. The van der Waals surface area contributed by atoms with Crippen molar-refractivity contribution in [3.8, 4) is 0 Å². The van der Waals surface area contributed by atoms with Gasteiger partial charge in [-0.25, -0.2) is 0 Å². The van der Waals surface area contributed by atoms with Crippen LogP contribution >= 0.6 is 0 Å². The van der Waals surface area contributed by atoms with Crippen LogP contribution in [-0.2, 0) is 0 Å². The molecule has 0 unspecified atom stereocenters. The van der Waals surface area contributed by atoms with E-state index in [1.807, 2.05) is 0 Å². The number of anilines is 2. The van der Waals surface area contributed by atoms with Crippen LogP contribution in [-0.4, -0.2) is 6.04 Å². The Kier molecular flexibility index (Phi) is 3.64. The minimum absolute atomic E-state index is 0.361. The number of para-hydroxylation sites is 2. The summed E-state index contributed by atoms with van der Waals surface area (Å²) in [6, 6.07) is 20.0. The second-order valence-electron chi connectivity index (χ2n) is 5.59. The van der Waals surface area contributed by atoms with Crippen LogP contribution in [0.3, 0.4) is 0 Å². The topological polar surface area (TPSA) is 24.1 Å². The van der Waals surface area contributed by atoms with Gasteiger partial charge in [-0.15, -0.1) is 0 Å². The summed E-state index contributed by atoms with van der Waals surface area (Å²) in [5.74, 6) is 0.551. The standard InChI is InChI=1S/C18H22N2/c1-3-16-13(2)18(19-14-9-5-4-6-10-14)15-11-7-8-12-17(15)20-16/h4-13,16,18-20H,3H2,1-2H3/t13-,16+,18+/m0/s1. The maximum absolute atomic E-state index is 3.71. The predicted octanol–water partition coefficient (Wildman–Crippen LogP) is 4.68. The molecule has 2 aromatic rings. The van der Waals surface area contributed by atoms with E-state index >= 15 is 0 Å². The van der Waals surface area contributed by atoms with E-state index < -0.39 is 0 Å². The maximum atomic E-state index is 3.71. The van der Waals surface area contributed by atoms with Crippen molar-refractivity contribution >= 4 is 11.4 Å². The smallest absolute Gasteiger partial charge is 0.0579 e. The minimum atomic E-state index is 0.361. The van der Waals surface area contributed by atoms with Crippen molar-refractivity contribution in [1.29, 1.82) is 0 Å². The van der Waals surface area contributed by atoms with Crippen molar-refractivity contribution < 1.29 is 0 Å². The molecule has 2 heteroatoms. The lowest BCUT2D eigenvalue weighted by atomic mass is 9.82. The van der Waals surface area contributed by atoms with E-state index in [1.54, 1.807) is 0 Å². The Labute approximate surface area is 121 Å². The Morgan fingerprint density at radius 1 is 1.00 bits per heavy atom. The first-order valence-electron chi connectivity index (χ1n) is 7.46. The van der Waals surface area contributed by atoms with Gasteiger partial charge in [0.2, 0.25) is 0 Å². The highest BCUT2D eigenvalue weighted by Crippen LogP contribution is 2.39. The highest BCUT2D eigenvalue weighted by atomic mass is 15.0. The molecule has 0 saturated heterocycles. The zero-order valence-electron chi connectivity index (χ0n) is 12.1. The van der Waals surface area contributed by atoms with Gasteiger partial charge in [0.15, 0.2) is 0 Å². The first-order chi connectivity index (χ1) is 9.79. The first-order valence-corrected chi connectivity index (χ1v) is 7.46. The van der Waals surface area contributed by atoms with Gasteiger partial charge in [-0.2, -0.15) is 0 Å². The average Bonchev–Trinajstić information content (AvgIpc) is 2.51. The fourth-order valence-corrected chi connectivity index (χ4v) is 3.14. The van der Waals surface area contributed by atoms with E-state index in [4.69, 9.17) is 0 Å². The van der Waals surface area contributed by atoms with Gasteiger partial charge in [-0.3, -0.25) is 0 Å². The van der Waals surface area contributed by atoms with Gasteiger partial charge in [0.1, 0.15) is 0 Å². The number of nitrogens with one attached hydrogen (secondary N) is 2. The van der Waals surface area contributed by atoms with Crippen molar-refractivity contribution in [3.05, 3.63) is 60.2 Å². The molecule has 3 rings (SSSR count). The molecule has 20 heavy (non-hydrogen) atoms. The van der Waals surface area contributed by atoms with Crippen LogP contribution in [0.15, 0.2) is 54.6 Å². The highest BCUT2D eigenvalue weighted by molar-refractivity contribution is 5.59. The van der Waals surface area contributed by atoms with E-state index in [0.29, 0.717) is 18.0 Å². The largest absolute Gasteiger partial charge is 0.382 e. The Morgan fingerprint density at radius 3 is 2.45 bits per heavy atom. The fraction of sp³-hybridized carbons (Fsp3) is 0.333. The summed E-state index contributed by atoms with van der Waals surface area (Å²) in [5.41, 5.74) is 3.83. The third-order valence-corrected chi connectivity index (χ3v) is 4.33. The summed E-state index contributed by atoms with van der Waals surface area (Å²) in [5, 5.41) is 7.38. The number of benzene rings is 2. The molecule has 0 amide bonds. The molecule has 0 aliphatic carbocycles. The third-order valence-electron chi connectivity index (χ3n) is 4.33. The molecule has 2 nitrogen and oxygen atoms in total. The second-order valence-corrected chi connectivity index (χ2v) is 5.59. The van der Waals surface area contributed by atoms with Crippen molar-refractivity contribution in [1.82, 2.24) is 0 Å². The molecule has 0 saturated carbocycles. The van der Waals surface area contributed by atoms with Gasteiger partial charge in [0, 0.05) is 23.3 Å². The molecule has 104 valence electrons. The Balaban J connectivity index is 1.95. The van der Waals surface area contributed by atoms with E-state index in [0.717, 1.165) is 6.42 Å².